The molecule has 0 bridgehead atoms. The molecule has 0 amide bonds. The van der Waals surface area contributed by atoms with Crippen LogP contribution in [-0.2, 0) is 13.1 Å². The van der Waals surface area contributed by atoms with E-state index in [1.54, 1.807) is 6.33 Å². The highest BCUT2D eigenvalue weighted by Gasteiger charge is 2.32. The Morgan fingerprint density at radius 1 is 1.40 bits per heavy atom. The number of hydrogen-bond acceptors (Lipinski definition) is 4. The summed E-state index contributed by atoms with van der Waals surface area (Å²) in [5.41, 5.74) is -0.527. The van der Waals surface area contributed by atoms with Crippen LogP contribution < -0.4 is 5.32 Å². The molecule has 0 radical (unpaired) electrons. The van der Waals surface area contributed by atoms with Crippen LogP contribution in [0.2, 0.25) is 0 Å². The van der Waals surface area contributed by atoms with Crippen LogP contribution in [0.4, 0.5) is 0 Å². The topological polar surface area (TPSA) is 63.0 Å². The molecule has 0 spiro atoms. The van der Waals surface area contributed by atoms with Gasteiger partial charge in [0.05, 0.1) is 12.1 Å². The molecular weight excluding hydrogens is 252 g/mol. The molecule has 2 rings (SSSR count). The predicted molar refractivity (Wildman–Crippen MR) is 79.2 cm³/mol. The van der Waals surface area contributed by atoms with Gasteiger partial charge in [0, 0.05) is 13.1 Å². The van der Waals surface area contributed by atoms with E-state index in [4.69, 9.17) is 0 Å². The first-order valence-corrected chi connectivity index (χ1v) is 7.96. The molecule has 0 unspecified atom stereocenters. The molecule has 5 heteroatoms. The van der Waals surface area contributed by atoms with Gasteiger partial charge in [-0.25, -0.2) is 9.67 Å². The van der Waals surface area contributed by atoms with Gasteiger partial charge in [-0.05, 0) is 38.0 Å². The Kier molecular flexibility index (Phi) is 5.54. The molecule has 1 aromatic heterocycles. The summed E-state index contributed by atoms with van der Waals surface area (Å²) in [5, 5.41) is 18.1. The van der Waals surface area contributed by atoms with Crippen molar-refractivity contribution in [3.8, 4) is 0 Å². The molecule has 1 fully saturated rings. The number of aryl methyl sites for hydroxylation is 1. The van der Waals surface area contributed by atoms with Crippen LogP contribution in [0.5, 0.6) is 0 Å². The molecule has 1 aromatic rings. The van der Waals surface area contributed by atoms with E-state index in [-0.39, 0.29) is 0 Å². The molecule has 0 aromatic carbocycles. The van der Waals surface area contributed by atoms with Gasteiger partial charge in [0.2, 0.25) is 0 Å². The molecule has 0 atom stereocenters. The second kappa shape index (κ2) is 7.18. The summed E-state index contributed by atoms with van der Waals surface area (Å²) in [6, 6.07) is 0. The standard InChI is InChI=1S/C15H28N4O/c1-3-9-19-14(17-12-18-19)10-16-11-15(20)7-5-13(4-2)6-8-15/h12-13,16,20H,3-11H2,1-2H3. The molecule has 1 saturated carbocycles. The fraction of sp³-hybridized carbons (Fsp3) is 0.867. The molecule has 2 N–H and O–H groups in total. The van der Waals surface area contributed by atoms with Crippen molar-refractivity contribution in [1.82, 2.24) is 20.1 Å². The quantitative estimate of drug-likeness (QED) is 0.803. The summed E-state index contributed by atoms with van der Waals surface area (Å²) in [6.45, 7) is 6.61. The molecule has 1 heterocycles. The van der Waals surface area contributed by atoms with Gasteiger partial charge in [0.15, 0.2) is 0 Å². The van der Waals surface area contributed by atoms with Crippen molar-refractivity contribution in [1.29, 1.82) is 0 Å². The van der Waals surface area contributed by atoms with Gasteiger partial charge in [0.25, 0.3) is 0 Å². The molecule has 1 aliphatic rings. The van der Waals surface area contributed by atoms with Gasteiger partial charge in [-0.15, -0.1) is 0 Å². The molecule has 114 valence electrons. The number of hydrogen-bond donors (Lipinski definition) is 2. The lowest BCUT2D eigenvalue weighted by Crippen LogP contribution is -2.43. The second-order valence-electron chi connectivity index (χ2n) is 6.08. The first kappa shape index (κ1) is 15.4. The third-order valence-electron chi connectivity index (χ3n) is 4.48. The zero-order valence-corrected chi connectivity index (χ0v) is 12.8. The minimum absolute atomic E-state index is 0.527. The lowest BCUT2D eigenvalue weighted by Gasteiger charge is -2.36. The normalized spacial score (nSPS) is 26.9. The van der Waals surface area contributed by atoms with E-state index in [1.165, 1.54) is 6.42 Å². The van der Waals surface area contributed by atoms with Gasteiger partial charge in [-0.1, -0.05) is 20.3 Å². The van der Waals surface area contributed by atoms with Crippen LogP contribution in [0.25, 0.3) is 0 Å². The van der Waals surface area contributed by atoms with Crippen molar-refractivity contribution in [2.45, 2.75) is 71.1 Å². The highest BCUT2D eigenvalue weighted by molar-refractivity contribution is 4.89. The second-order valence-corrected chi connectivity index (χ2v) is 6.08. The van der Waals surface area contributed by atoms with Crippen LogP contribution in [0, 0.1) is 5.92 Å². The van der Waals surface area contributed by atoms with Crippen molar-refractivity contribution < 1.29 is 5.11 Å². The van der Waals surface area contributed by atoms with E-state index in [0.29, 0.717) is 13.1 Å². The molecule has 1 aliphatic carbocycles. The van der Waals surface area contributed by atoms with Gasteiger partial charge in [0.1, 0.15) is 12.2 Å². The highest BCUT2D eigenvalue weighted by Crippen LogP contribution is 2.33. The van der Waals surface area contributed by atoms with Crippen LogP contribution in [-0.4, -0.2) is 32.0 Å². The summed E-state index contributed by atoms with van der Waals surface area (Å²) < 4.78 is 1.94. The smallest absolute Gasteiger partial charge is 0.140 e. The minimum atomic E-state index is -0.527. The summed E-state index contributed by atoms with van der Waals surface area (Å²) in [5.74, 6) is 1.76. The average Bonchev–Trinajstić information content (AvgIpc) is 2.88. The van der Waals surface area contributed by atoms with Crippen molar-refractivity contribution in [2.75, 3.05) is 6.54 Å². The molecule has 20 heavy (non-hydrogen) atoms. The Labute approximate surface area is 121 Å². The first-order valence-electron chi connectivity index (χ1n) is 7.96. The van der Waals surface area contributed by atoms with Crippen molar-refractivity contribution in [3.63, 3.8) is 0 Å². The maximum absolute atomic E-state index is 10.6. The van der Waals surface area contributed by atoms with E-state index in [1.807, 2.05) is 4.68 Å². The van der Waals surface area contributed by atoms with E-state index in [2.05, 4.69) is 29.2 Å². The van der Waals surface area contributed by atoms with Crippen LogP contribution in [0.3, 0.4) is 0 Å². The zero-order valence-electron chi connectivity index (χ0n) is 12.8. The van der Waals surface area contributed by atoms with E-state index >= 15 is 0 Å². The molecular formula is C15H28N4O. The summed E-state index contributed by atoms with van der Waals surface area (Å²) >= 11 is 0. The Morgan fingerprint density at radius 2 is 2.15 bits per heavy atom. The molecule has 5 nitrogen and oxygen atoms in total. The van der Waals surface area contributed by atoms with Crippen molar-refractivity contribution in [3.05, 3.63) is 12.2 Å². The number of nitrogens with one attached hydrogen (secondary N) is 1. The summed E-state index contributed by atoms with van der Waals surface area (Å²) in [4.78, 5) is 4.27. The van der Waals surface area contributed by atoms with Crippen molar-refractivity contribution >= 4 is 0 Å². The van der Waals surface area contributed by atoms with Crippen LogP contribution >= 0.6 is 0 Å². The van der Waals surface area contributed by atoms with E-state index < -0.39 is 5.60 Å². The highest BCUT2D eigenvalue weighted by atomic mass is 16.3. The maximum atomic E-state index is 10.6. The number of rotatable bonds is 7. The van der Waals surface area contributed by atoms with Gasteiger partial charge < -0.3 is 10.4 Å². The maximum Gasteiger partial charge on any atom is 0.140 e. The predicted octanol–water partition coefficient (Wildman–Crippen LogP) is 2.11. The Bertz CT molecular complexity index is 396. The number of nitrogens with zero attached hydrogens (tertiary/aromatic N) is 3. The van der Waals surface area contributed by atoms with Gasteiger partial charge in [-0.3, -0.25) is 0 Å². The third kappa shape index (κ3) is 4.03. The summed E-state index contributed by atoms with van der Waals surface area (Å²) in [7, 11) is 0. The number of aromatic nitrogens is 3. The Balaban J connectivity index is 1.76. The van der Waals surface area contributed by atoms with E-state index in [9.17, 15) is 5.11 Å². The summed E-state index contributed by atoms with van der Waals surface area (Å²) in [6.07, 6.45) is 8.04. The fourth-order valence-electron chi connectivity index (χ4n) is 3.03. The first-order chi connectivity index (χ1) is 9.67. The molecule has 0 saturated heterocycles. The monoisotopic (exact) mass is 280 g/mol. The average molecular weight is 280 g/mol. The third-order valence-corrected chi connectivity index (χ3v) is 4.48. The SMILES string of the molecule is CCCn1ncnc1CNCC1(O)CCC(CC)CC1. The molecule has 0 aliphatic heterocycles. The lowest BCUT2D eigenvalue weighted by molar-refractivity contribution is -0.00897. The van der Waals surface area contributed by atoms with Gasteiger partial charge >= 0.3 is 0 Å². The van der Waals surface area contributed by atoms with Crippen LogP contribution in [0.1, 0.15) is 58.2 Å². The number of aliphatic hydroxyl groups is 1. The van der Waals surface area contributed by atoms with Crippen LogP contribution in [0.15, 0.2) is 6.33 Å². The largest absolute Gasteiger partial charge is 0.389 e. The Hall–Kier alpha value is -0.940. The van der Waals surface area contributed by atoms with Gasteiger partial charge in [-0.2, -0.15) is 5.10 Å². The van der Waals surface area contributed by atoms with Crippen molar-refractivity contribution in [2.24, 2.45) is 5.92 Å². The van der Waals surface area contributed by atoms with E-state index in [0.717, 1.165) is 50.4 Å². The lowest BCUT2D eigenvalue weighted by atomic mass is 9.78. The zero-order chi connectivity index (χ0) is 14.4. The minimum Gasteiger partial charge on any atom is -0.389 e. The Morgan fingerprint density at radius 3 is 2.80 bits per heavy atom. The fourth-order valence-corrected chi connectivity index (χ4v) is 3.03.